The number of methoxy groups -OCH3 is 1. The molecule has 0 unspecified atom stereocenters. The van der Waals surface area contributed by atoms with Gasteiger partial charge in [0, 0.05) is 64.5 Å². The number of hydrogen-bond donors (Lipinski definition) is 1. The summed E-state index contributed by atoms with van der Waals surface area (Å²) in [5.41, 5.74) is 0. The Balaban J connectivity index is 1.66. The molecule has 142 valence electrons. The number of aryl methyl sites for hydroxylation is 1. The Morgan fingerprint density at radius 1 is 1.40 bits per heavy atom. The summed E-state index contributed by atoms with van der Waals surface area (Å²) < 4.78 is 11.0. The second kappa shape index (κ2) is 11.4. The minimum atomic E-state index is 0.369. The van der Waals surface area contributed by atoms with E-state index in [1.807, 2.05) is 24.6 Å². The molecule has 0 radical (unpaired) electrons. The number of hydrogen-bond acceptors (Lipinski definition) is 5. The van der Waals surface area contributed by atoms with Crippen molar-refractivity contribution in [2.45, 2.75) is 45.1 Å². The van der Waals surface area contributed by atoms with Crippen LogP contribution in [0.4, 0.5) is 0 Å². The average molecular weight is 369 g/mol. The lowest BCUT2D eigenvalue weighted by Crippen LogP contribution is -2.47. The van der Waals surface area contributed by atoms with E-state index in [1.54, 1.807) is 7.11 Å². The fourth-order valence-electron chi connectivity index (χ4n) is 2.93. The van der Waals surface area contributed by atoms with Gasteiger partial charge in [-0.3, -0.25) is 4.99 Å². The van der Waals surface area contributed by atoms with Crippen molar-refractivity contribution in [2.75, 3.05) is 47.0 Å². The number of rotatable bonds is 9. The third-order valence-corrected chi connectivity index (χ3v) is 5.57. The highest BCUT2D eigenvalue weighted by atomic mass is 32.1. The topological polar surface area (TPSA) is 59.0 Å². The summed E-state index contributed by atoms with van der Waals surface area (Å²) in [6.45, 7) is 6.59. The molecule has 1 aromatic rings. The predicted molar refractivity (Wildman–Crippen MR) is 104 cm³/mol. The summed E-state index contributed by atoms with van der Waals surface area (Å²) in [4.78, 5) is 12.6. The van der Waals surface area contributed by atoms with Gasteiger partial charge >= 0.3 is 0 Å². The normalized spacial score (nSPS) is 16.4. The molecule has 0 saturated carbocycles. The first kappa shape index (κ1) is 20.1. The van der Waals surface area contributed by atoms with Crippen LogP contribution in [0.25, 0.3) is 0 Å². The van der Waals surface area contributed by atoms with E-state index in [2.05, 4.69) is 27.1 Å². The maximum atomic E-state index is 5.92. The number of aliphatic imine (C=N–C) groups is 1. The van der Waals surface area contributed by atoms with Gasteiger partial charge in [-0.25, -0.2) is 4.98 Å². The molecule has 1 aliphatic rings. The van der Waals surface area contributed by atoms with Crippen LogP contribution in [0.2, 0.25) is 0 Å². The molecule has 0 aliphatic carbocycles. The first-order valence-corrected chi connectivity index (χ1v) is 10.1. The van der Waals surface area contributed by atoms with E-state index in [-0.39, 0.29) is 0 Å². The molecule has 1 aromatic heterocycles. The number of aromatic nitrogens is 1. The lowest BCUT2D eigenvalue weighted by Gasteiger charge is -2.34. The molecule has 0 bridgehead atoms. The minimum absolute atomic E-state index is 0.369. The molecule has 7 heteroatoms. The van der Waals surface area contributed by atoms with Gasteiger partial charge in [-0.1, -0.05) is 6.92 Å². The van der Waals surface area contributed by atoms with Crippen molar-refractivity contribution in [3.8, 4) is 0 Å². The number of likely N-dealkylation sites (tertiary alicyclic amines) is 1. The Labute approximate surface area is 155 Å². The van der Waals surface area contributed by atoms with Gasteiger partial charge in [-0.05, 0) is 25.7 Å². The number of piperidine rings is 1. The molecule has 2 rings (SSSR count). The Bertz CT molecular complexity index is 513. The van der Waals surface area contributed by atoms with E-state index in [1.165, 1.54) is 9.88 Å². The lowest BCUT2D eigenvalue weighted by molar-refractivity contribution is 0.00992. The average Bonchev–Trinajstić information content (AvgIpc) is 3.11. The predicted octanol–water partition coefficient (Wildman–Crippen LogP) is 2.34. The van der Waals surface area contributed by atoms with Crippen molar-refractivity contribution < 1.29 is 9.47 Å². The quantitative estimate of drug-likeness (QED) is 0.412. The monoisotopic (exact) mass is 368 g/mol. The third-order valence-electron chi connectivity index (χ3n) is 4.37. The van der Waals surface area contributed by atoms with Crippen LogP contribution < -0.4 is 5.32 Å². The standard InChI is InChI=1S/C18H32N4O2S/c1-4-16-14-21-17(25-16)6-9-20-18(19-2)22-10-7-15(8-11-22)24-13-5-12-23-3/h14-15H,4-13H2,1-3H3,(H,19,20). The minimum Gasteiger partial charge on any atom is -0.385 e. The first-order valence-electron chi connectivity index (χ1n) is 9.26. The van der Waals surface area contributed by atoms with E-state index in [4.69, 9.17) is 9.47 Å². The second-order valence-corrected chi connectivity index (χ2v) is 7.40. The molecule has 0 aromatic carbocycles. The Hall–Kier alpha value is -1.18. The number of nitrogens with zero attached hydrogens (tertiary/aromatic N) is 3. The van der Waals surface area contributed by atoms with Gasteiger partial charge in [0.15, 0.2) is 5.96 Å². The van der Waals surface area contributed by atoms with Gasteiger partial charge in [0.1, 0.15) is 0 Å². The largest absolute Gasteiger partial charge is 0.385 e. The zero-order valence-electron chi connectivity index (χ0n) is 15.8. The van der Waals surface area contributed by atoms with Gasteiger partial charge < -0.3 is 19.7 Å². The van der Waals surface area contributed by atoms with E-state index < -0.39 is 0 Å². The molecule has 0 amide bonds. The molecule has 1 aliphatic heterocycles. The number of guanidine groups is 1. The third kappa shape index (κ3) is 6.92. The van der Waals surface area contributed by atoms with Crippen molar-refractivity contribution >= 4 is 17.3 Å². The molecule has 1 N–H and O–H groups in total. The summed E-state index contributed by atoms with van der Waals surface area (Å²) >= 11 is 1.81. The Morgan fingerprint density at radius 2 is 2.20 bits per heavy atom. The van der Waals surface area contributed by atoms with Crippen LogP contribution in [-0.2, 0) is 22.3 Å². The summed E-state index contributed by atoms with van der Waals surface area (Å²) in [6.07, 6.45) is 7.45. The van der Waals surface area contributed by atoms with Crippen molar-refractivity contribution in [1.29, 1.82) is 0 Å². The van der Waals surface area contributed by atoms with Crippen LogP contribution in [-0.4, -0.2) is 69.0 Å². The van der Waals surface area contributed by atoms with Crippen molar-refractivity contribution in [3.63, 3.8) is 0 Å². The van der Waals surface area contributed by atoms with Crippen LogP contribution in [0.1, 0.15) is 36.1 Å². The van der Waals surface area contributed by atoms with Crippen LogP contribution in [0.3, 0.4) is 0 Å². The fourth-order valence-corrected chi connectivity index (χ4v) is 3.79. The molecule has 25 heavy (non-hydrogen) atoms. The smallest absolute Gasteiger partial charge is 0.193 e. The summed E-state index contributed by atoms with van der Waals surface area (Å²) in [6, 6.07) is 0. The van der Waals surface area contributed by atoms with Gasteiger partial charge in [0.2, 0.25) is 0 Å². The van der Waals surface area contributed by atoms with Crippen LogP contribution >= 0.6 is 11.3 Å². The number of thiazole rings is 1. The maximum absolute atomic E-state index is 5.92. The van der Waals surface area contributed by atoms with Gasteiger partial charge in [-0.2, -0.15) is 0 Å². The number of nitrogens with one attached hydrogen (secondary N) is 1. The Kier molecular flexibility index (Phi) is 9.21. The zero-order valence-corrected chi connectivity index (χ0v) is 16.6. The lowest BCUT2D eigenvalue weighted by atomic mass is 10.1. The molecule has 2 heterocycles. The molecular formula is C18H32N4O2S. The van der Waals surface area contributed by atoms with Crippen molar-refractivity contribution in [3.05, 3.63) is 16.1 Å². The van der Waals surface area contributed by atoms with E-state index in [0.29, 0.717) is 6.10 Å². The highest BCUT2D eigenvalue weighted by Crippen LogP contribution is 2.15. The van der Waals surface area contributed by atoms with E-state index >= 15 is 0 Å². The van der Waals surface area contributed by atoms with E-state index in [0.717, 1.165) is 70.9 Å². The maximum Gasteiger partial charge on any atom is 0.193 e. The second-order valence-electron chi connectivity index (χ2n) is 6.20. The highest BCUT2D eigenvalue weighted by Gasteiger charge is 2.21. The van der Waals surface area contributed by atoms with Gasteiger partial charge in [0.25, 0.3) is 0 Å². The van der Waals surface area contributed by atoms with Crippen LogP contribution in [0.15, 0.2) is 11.2 Å². The van der Waals surface area contributed by atoms with Crippen LogP contribution in [0, 0.1) is 0 Å². The molecule has 1 saturated heterocycles. The summed E-state index contributed by atoms with van der Waals surface area (Å²) in [7, 11) is 3.59. The van der Waals surface area contributed by atoms with Crippen LogP contribution in [0.5, 0.6) is 0 Å². The first-order chi connectivity index (χ1) is 12.3. The summed E-state index contributed by atoms with van der Waals surface area (Å²) in [5.74, 6) is 0.991. The highest BCUT2D eigenvalue weighted by molar-refractivity contribution is 7.11. The van der Waals surface area contributed by atoms with Gasteiger partial charge in [0.05, 0.1) is 11.1 Å². The Morgan fingerprint density at radius 3 is 2.84 bits per heavy atom. The fraction of sp³-hybridized carbons (Fsp3) is 0.778. The molecule has 0 atom stereocenters. The van der Waals surface area contributed by atoms with Gasteiger partial charge in [-0.15, -0.1) is 11.3 Å². The SMILES string of the molecule is CCc1cnc(CCNC(=NC)N2CCC(OCCCOC)CC2)s1. The van der Waals surface area contributed by atoms with Crippen molar-refractivity contribution in [2.24, 2.45) is 4.99 Å². The van der Waals surface area contributed by atoms with Crippen molar-refractivity contribution in [1.82, 2.24) is 15.2 Å². The summed E-state index contributed by atoms with van der Waals surface area (Å²) in [5, 5.41) is 4.67. The van der Waals surface area contributed by atoms with E-state index in [9.17, 15) is 0 Å². The molecule has 1 fully saturated rings. The zero-order chi connectivity index (χ0) is 17.9. The molecule has 6 nitrogen and oxygen atoms in total. The number of ether oxygens (including phenoxy) is 2. The molecule has 0 spiro atoms. The molecular weight excluding hydrogens is 336 g/mol.